The number of aromatic nitrogens is 3. The van der Waals surface area contributed by atoms with E-state index in [1.807, 2.05) is 0 Å². The summed E-state index contributed by atoms with van der Waals surface area (Å²) in [6.07, 6.45) is 1.49. The average molecular weight is 372 g/mol. The topological polar surface area (TPSA) is 86.1 Å². The zero-order valence-electron chi connectivity index (χ0n) is 14.4. The summed E-state index contributed by atoms with van der Waals surface area (Å²) in [6, 6.07) is 7.52. The number of halogens is 2. The number of carbonyl (C=O) groups excluding carboxylic acids is 1. The first kappa shape index (κ1) is 18.2. The fraction of sp³-hybridized carbons (Fsp3) is 0.111. The van der Waals surface area contributed by atoms with Crippen LogP contribution in [0.15, 0.2) is 47.4 Å². The molecule has 9 heteroatoms. The van der Waals surface area contributed by atoms with Gasteiger partial charge in [0.1, 0.15) is 17.3 Å². The highest BCUT2D eigenvalue weighted by atomic mass is 19.1. The van der Waals surface area contributed by atoms with Crippen molar-refractivity contribution in [3.63, 3.8) is 0 Å². The lowest BCUT2D eigenvalue weighted by atomic mass is 10.1. The van der Waals surface area contributed by atoms with Crippen molar-refractivity contribution < 1.29 is 18.3 Å². The van der Waals surface area contributed by atoms with E-state index >= 15 is 0 Å². The molecule has 0 atom stereocenters. The highest BCUT2D eigenvalue weighted by Gasteiger charge is 2.20. The van der Waals surface area contributed by atoms with Crippen molar-refractivity contribution >= 4 is 17.3 Å². The number of ether oxygens (including phenoxy) is 1. The quantitative estimate of drug-likeness (QED) is 0.709. The lowest BCUT2D eigenvalue weighted by Crippen LogP contribution is -2.15. The number of aryl methyl sites for hydroxylation is 1. The number of pyridine rings is 1. The van der Waals surface area contributed by atoms with Gasteiger partial charge in [-0.15, -0.1) is 10.2 Å². The summed E-state index contributed by atoms with van der Waals surface area (Å²) in [7, 11) is 2.73. The highest BCUT2D eigenvalue weighted by molar-refractivity contribution is 5.94. The van der Waals surface area contributed by atoms with Crippen molar-refractivity contribution in [1.82, 2.24) is 14.8 Å². The van der Waals surface area contributed by atoms with Crippen LogP contribution in [-0.2, 0) is 11.8 Å². The standard InChI is InChI=1S/C18H14F2N4O3/c1-24-9-10(6-7-15(24)25)21-14-8-13(22-23-17(14)18(26)27-2)16-11(19)4-3-5-12(16)20/h3-9H,1-2H3,(H,21,22). The van der Waals surface area contributed by atoms with E-state index in [1.54, 1.807) is 7.05 Å². The molecular weight excluding hydrogens is 358 g/mol. The molecular formula is C18H14F2N4O3. The van der Waals surface area contributed by atoms with Crippen LogP contribution in [0, 0.1) is 11.6 Å². The first-order valence-corrected chi connectivity index (χ1v) is 7.75. The fourth-order valence-electron chi connectivity index (χ4n) is 2.42. The lowest BCUT2D eigenvalue weighted by Gasteiger charge is -2.12. The van der Waals surface area contributed by atoms with Crippen LogP contribution in [0.5, 0.6) is 0 Å². The molecule has 27 heavy (non-hydrogen) atoms. The van der Waals surface area contributed by atoms with Crippen LogP contribution in [0.25, 0.3) is 11.3 Å². The third kappa shape index (κ3) is 3.66. The molecule has 0 aliphatic carbocycles. The summed E-state index contributed by atoms with van der Waals surface area (Å²) < 4.78 is 34.1. The second kappa shape index (κ2) is 7.32. The van der Waals surface area contributed by atoms with Crippen molar-refractivity contribution in [2.24, 2.45) is 7.05 Å². The van der Waals surface area contributed by atoms with Crippen LogP contribution < -0.4 is 10.9 Å². The Morgan fingerprint density at radius 1 is 1.15 bits per heavy atom. The van der Waals surface area contributed by atoms with Gasteiger partial charge in [-0.05, 0) is 24.3 Å². The third-order valence-electron chi connectivity index (χ3n) is 3.76. The molecule has 0 saturated heterocycles. The monoisotopic (exact) mass is 372 g/mol. The van der Waals surface area contributed by atoms with Crippen molar-refractivity contribution in [2.75, 3.05) is 12.4 Å². The summed E-state index contributed by atoms with van der Waals surface area (Å²) in [6.45, 7) is 0. The lowest BCUT2D eigenvalue weighted by molar-refractivity contribution is 0.0594. The molecule has 1 N–H and O–H groups in total. The maximum Gasteiger partial charge on any atom is 0.360 e. The Labute approximate surface area is 152 Å². The van der Waals surface area contributed by atoms with Gasteiger partial charge in [-0.25, -0.2) is 13.6 Å². The highest BCUT2D eigenvalue weighted by Crippen LogP contribution is 2.28. The number of hydrogen-bond acceptors (Lipinski definition) is 6. The van der Waals surface area contributed by atoms with Crippen molar-refractivity contribution in [3.05, 3.63) is 70.3 Å². The van der Waals surface area contributed by atoms with Crippen LogP contribution in [0.3, 0.4) is 0 Å². The molecule has 138 valence electrons. The normalized spacial score (nSPS) is 10.5. The first-order valence-electron chi connectivity index (χ1n) is 7.75. The largest absolute Gasteiger partial charge is 0.464 e. The van der Waals surface area contributed by atoms with Crippen LogP contribution in [0.1, 0.15) is 10.5 Å². The van der Waals surface area contributed by atoms with E-state index in [-0.39, 0.29) is 28.2 Å². The molecule has 0 saturated carbocycles. The Morgan fingerprint density at radius 2 is 1.85 bits per heavy atom. The van der Waals surface area contributed by atoms with Gasteiger partial charge in [0.15, 0.2) is 5.69 Å². The molecule has 0 fully saturated rings. The van der Waals surface area contributed by atoms with Gasteiger partial charge in [-0.2, -0.15) is 0 Å². The molecule has 0 bridgehead atoms. The predicted molar refractivity (Wildman–Crippen MR) is 93.7 cm³/mol. The number of anilines is 2. The van der Waals surface area contributed by atoms with E-state index in [4.69, 9.17) is 0 Å². The molecule has 1 aromatic carbocycles. The van der Waals surface area contributed by atoms with E-state index in [0.717, 1.165) is 12.1 Å². The number of nitrogens with one attached hydrogen (secondary N) is 1. The van der Waals surface area contributed by atoms with Crippen LogP contribution in [-0.4, -0.2) is 27.8 Å². The molecule has 7 nitrogen and oxygen atoms in total. The van der Waals surface area contributed by atoms with Crippen LogP contribution in [0.4, 0.5) is 20.2 Å². The first-order chi connectivity index (χ1) is 12.9. The summed E-state index contributed by atoms with van der Waals surface area (Å²) in [4.78, 5) is 23.5. The number of esters is 1. The Balaban J connectivity index is 2.12. The van der Waals surface area contributed by atoms with Crippen molar-refractivity contribution in [2.45, 2.75) is 0 Å². The molecule has 0 radical (unpaired) electrons. The number of methoxy groups -OCH3 is 1. The van der Waals surface area contributed by atoms with Crippen molar-refractivity contribution in [3.8, 4) is 11.3 Å². The van der Waals surface area contributed by atoms with Gasteiger partial charge in [0.05, 0.1) is 24.0 Å². The molecule has 3 rings (SSSR count). The summed E-state index contributed by atoms with van der Waals surface area (Å²) in [5.74, 6) is -2.42. The van der Waals surface area contributed by atoms with Gasteiger partial charge in [-0.1, -0.05) is 6.07 Å². The predicted octanol–water partition coefficient (Wildman–Crippen LogP) is 2.65. The summed E-state index contributed by atoms with van der Waals surface area (Å²) in [5, 5.41) is 10.4. The van der Waals surface area contributed by atoms with E-state index < -0.39 is 17.6 Å². The molecule has 2 heterocycles. The Bertz CT molecular complexity index is 1060. The fourth-order valence-corrected chi connectivity index (χ4v) is 2.42. The minimum absolute atomic E-state index is 0.106. The van der Waals surface area contributed by atoms with Gasteiger partial charge < -0.3 is 14.6 Å². The van der Waals surface area contributed by atoms with Crippen LogP contribution in [0.2, 0.25) is 0 Å². The minimum Gasteiger partial charge on any atom is -0.464 e. The number of benzene rings is 1. The zero-order valence-corrected chi connectivity index (χ0v) is 14.4. The second-order valence-electron chi connectivity index (χ2n) is 5.57. The molecule has 2 aromatic heterocycles. The van der Waals surface area contributed by atoms with E-state index in [0.29, 0.717) is 5.69 Å². The molecule has 0 aliphatic heterocycles. The average Bonchev–Trinajstić information content (AvgIpc) is 2.64. The summed E-state index contributed by atoms with van der Waals surface area (Å²) in [5.41, 5.74) is -0.304. The van der Waals surface area contributed by atoms with Gasteiger partial charge >= 0.3 is 5.97 Å². The smallest absolute Gasteiger partial charge is 0.360 e. The maximum absolute atomic E-state index is 14.1. The SMILES string of the molecule is COC(=O)c1nnc(-c2c(F)cccc2F)cc1Nc1ccc(=O)n(C)c1. The molecule has 0 unspecified atom stereocenters. The summed E-state index contributed by atoms with van der Waals surface area (Å²) >= 11 is 0. The number of rotatable bonds is 4. The maximum atomic E-state index is 14.1. The van der Waals surface area contributed by atoms with E-state index in [9.17, 15) is 18.4 Å². The number of carbonyl (C=O) groups is 1. The Hall–Kier alpha value is -3.62. The van der Waals surface area contributed by atoms with Gasteiger partial charge in [-0.3, -0.25) is 4.79 Å². The van der Waals surface area contributed by atoms with Crippen molar-refractivity contribution in [1.29, 1.82) is 0 Å². The van der Waals surface area contributed by atoms with E-state index in [1.165, 1.54) is 42.1 Å². The third-order valence-corrected chi connectivity index (χ3v) is 3.76. The number of nitrogens with zero attached hydrogens (tertiary/aromatic N) is 3. The number of hydrogen-bond donors (Lipinski definition) is 1. The van der Waals surface area contributed by atoms with Gasteiger partial charge in [0.2, 0.25) is 5.56 Å². The zero-order chi connectivity index (χ0) is 19.6. The Morgan fingerprint density at radius 3 is 2.48 bits per heavy atom. The molecule has 0 aliphatic rings. The van der Waals surface area contributed by atoms with Crippen LogP contribution >= 0.6 is 0 Å². The minimum atomic E-state index is -0.817. The molecule has 0 spiro atoms. The molecule has 0 amide bonds. The van der Waals surface area contributed by atoms with Gasteiger partial charge in [0.25, 0.3) is 0 Å². The van der Waals surface area contributed by atoms with Gasteiger partial charge in [0, 0.05) is 19.3 Å². The van der Waals surface area contributed by atoms with E-state index in [2.05, 4.69) is 20.3 Å². The molecule has 3 aromatic rings. The Kier molecular flexibility index (Phi) is 4.93. The second-order valence-corrected chi connectivity index (χ2v) is 5.57.